The molecule has 1 unspecified atom stereocenters. The van der Waals surface area contributed by atoms with Crippen molar-refractivity contribution in [2.24, 2.45) is 5.92 Å². The predicted molar refractivity (Wildman–Crippen MR) is 101 cm³/mol. The number of rotatable bonds is 5. The molecule has 0 radical (unpaired) electrons. The van der Waals surface area contributed by atoms with E-state index in [4.69, 9.17) is 0 Å². The van der Waals surface area contributed by atoms with Crippen LogP contribution >= 0.6 is 0 Å². The van der Waals surface area contributed by atoms with E-state index in [1.165, 1.54) is 5.56 Å². The molecule has 0 bridgehead atoms. The van der Waals surface area contributed by atoms with Gasteiger partial charge in [-0.3, -0.25) is 0 Å². The molecule has 2 aromatic carbocycles. The molecule has 0 aliphatic heterocycles. The summed E-state index contributed by atoms with van der Waals surface area (Å²) in [5.41, 5.74) is 5.04. The highest BCUT2D eigenvalue weighted by atomic mass is 19.1. The standard InChI is InChI=1S/C23H25F/c1-3-5-18-8-10-19(11-9-18)21-14-15-22(23(24)16-21)20-12-6-17(4-2)7-13-20/h6,8-17H,3-5,7H2,1-2H3. The number of hydrogen-bond acceptors (Lipinski definition) is 0. The zero-order valence-corrected chi connectivity index (χ0v) is 14.6. The van der Waals surface area contributed by atoms with Gasteiger partial charge < -0.3 is 0 Å². The summed E-state index contributed by atoms with van der Waals surface area (Å²) < 4.78 is 14.6. The third-order valence-corrected chi connectivity index (χ3v) is 4.82. The van der Waals surface area contributed by atoms with Gasteiger partial charge in [0, 0.05) is 5.56 Å². The van der Waals surface area contributed by atoms with Gasteiger partial charge in [-0.15, -0.1) is 0 Å². The van der Waals surface area contributed by atoms with Crippen molar-refractivity contribution < 1.29 is 4.39 Å². The second kappa shape index (κ2) is 7.61. The summed E-state index contributed by atoms with van der Waals surface area (Å²) in [6, 6.07) is 14.0. The van der Waals surface area contributed by atoms with Crippen LogP contribution < -0.4 is 0 Å². The molecule has 2 aromatic rings. The molecule has 0 amide bonds. The van der Waals surface area contributed by atoms with Crippen LogP contribution in [0, 0.1) is 11.7 Å². The molecule has 0 heterocycles. The van der Waals surface area contributed by atoms with Gasteiger partial charge in [-0.1, -0.05) is 74.9 Å². The lowest BCUT2D eigenvalue weighted by Crippen LogP contribution is -1.99. The largest absolute Gasteiger partial charge is 0.206 e. The van der Waals surface area contributed by atoms with Crippen molar-refractivity contribution in [3.05, 3.63) is 77.6 Å². The molecular formula is C23H25F. The van der Waals surface area contributed by atoms with Crippen molar-refractivity contribution in [1.29, 1.82) is 0 Å². The number of hydrogen-bond donors (Lipinski definition) is 0. The molecule has 1 aliphatic rings. The Hall–Kier alpha value is -2.15. The van der Waals surface area contributed by atoms with Gasteiger partial charge in [0.1, 0.15) is 5.82 Å². The Bertz CT molecular complexity index is 750. The van der Waals surface area contributed by atoms with Gasteiger partial charge in [0.15, 0.2) is 0 Å². The maximum Gasteiger partial charge on any atom is 0.131 e. The molecule has 1 heteroatoms. The summed E-state index contributed by atoms with van der Waals surface area (Å²) in [5.74, 6) is 0.453. The van der Waals surface area contributed by atoms with E-state index in [0.717, 1.165) is 42.4 Å². The molecule has 0 spiro atoms. The van der Waals surface area contributed by atoms with Crippen LogP contribution in [0.15, 0.2) is 60.7 Å². The molecule has 3 rings (SSSR count). The fourth-order valence-electron chi connectivity index (χ4n) is 3.25. The number of benzene rings is 2. The molecule has 0 aromatic heterocycles. The molecule has 124 valence electrons. The van der Waals surface area contributed by atoms with Gasteiger partial charge in [-0.05, 0) is 53.5 Å². The summed E-state index contributed by atoms with van der Waals surface area (Å²) in [6.07, 6.45) is 10.8. The van der Waals surface area contributed by atoms with E-state index in [-0.39, 0.29) is 5.82 Å². The van der Waals surface area contributed by atoms with Gasteiger partial charge in [0.25, 0.3) is 0 Å². The third kappa shape index (κ3) is 3.67. The number of aryl methyl sites for hydroxylation is 1. The molecule has 0 saturated heterocycles. The van der Waals surface area contributed by atoms with Crippen LogP contribution in [0.5, 0.6) is 0 Å². The highest BCUT2D eigenvalue weighted by Crippen LogP contribution is 2.30. The minimum atomic E-state index is -0.143. The van der Waals surface area contributed by atoms with Crippen LogP contribution in [0.4, 0.5) is 4.39 Å². The third-order valence-electron chi connectivity index (χ3n) is 4.82. The quantitative estimate of drug-likeness (QED) is 0.567. The van der Waals surface area contributed by atoms with Crippen LogP contribution in [0.1, 0.15) is 44.2 Å². The summed E-state index contributed by atoms with van der Waals surface area (Å²) in [5, 5.41) is 0. The Kier molecular flexibility index (Phi) is 5.30. The second-order valence-corrected chi connectivity index (χ2v) is 6.56. The lowest BCUT2D eigenvalue weighted by atomic mass is 9.90. The molecule has 1 aliphatic carbocycles. The van der Waals surface area contributed by atoms with Crippen LogP contribution in [-0.4, -0.2) is 0 Å². The summed E-state index contributed by atoms with van der Waals surface area (Å²) in [4.78, 5) is 0. The predicted octanol–water partition coefficient (Wildman–Crippen LogP) is 6.81. The van der Waals surface area contributed by atoms with Crippen molar-refractivity contribution in [3.8, 4) is 11.1 Å². The molecule has 0 fully saturated rings. The van der Waals surface area contributed by atoms with E-state index in [1.807, 2.05) is 12.1 Å². The summed E-state index contributed by atoms with van der Waals surface area (Å²) in [7, 11) is 0. The van der Waals surface area contributed by atoms with Crippen molar-refractivity contribution in [3.63, 3.8) is 0 Å². The molecular weight excluding hydrogens is 295 g/mol. The van der Waals surface area contributed by atoms with Crippen LogP contribution in [0.3, 0.4) is 0 Å². The number of halogens is 1. The average Bonchev–Trinajstić information content (AvgIpc) is 2.63. The fraction of sp³-hybridized carbons (Fsp3) is 0.304. The normalized spacial score (nSPS) is 17.0. The highest BCUT2D eigenvalue weighted by Gasteiger charge is 2.12. The van der Waals surface area contributed by atoms with Crippen LogP contribution in [-0.2, 0) is 6.42 Å². The van der Waals surface area contributed by atoms with Crippen molar-refractivity contribution in [1.82, 2.24) is 0 Å². The van der Waals surface area contributed by atoms with Gasteiger partial charge in [-0.25, -0.2) is 4.39 Å². The van der Waals surface area contributed by atoms with Crippen LogP contribution in [0.2, 0.25) is 0 Å². The smallest absolute Gasteiger partial charge is 0.131 e. The first-order valence-electron chi connectivity index (χ1n) is 8.98. The van der Waals surface area contributed by atoms with E-state index in [2.05, 4.69) is 56.3 Å². The highest BCUT2D eigenvalue weighted by molar-refractivity contribution is 5.77. The van der Waals surface area contributed by atoms with E-state index in [1.54, 1.807) is 6.07 Å². The zero-order valence-electron chi connectivity index (χ0n) is 14.6. The lowest BCUT2D eigenvalue weighted by Gasteiger charge is -2.15. The topological polar surface area (TPSA) is 0 Å². The Morgan fingerprint density at radius 3 is 2.33 bits per heavy atom. The summed E-state index contributed by atoms with van der Waals surface area (Å²) in [6.45, 7) is 4.37. The molecule has 0 saturated carbocycles. The Morgan fingerprint density at radius 2 is 1.75 bits per heavy atom. The maximum atomic E-state index is 14.6. The molecule has 24 heavy (non-hydrogen) atoms. The van der Waals surface area contributed by atoms with Crippen molar-refractivity contribution in [2.45, 2.75) is 39.5 Å². The molecule has 1 atom stereocenters. The minimum absolute atomic E-state index is 0.143. The van der Waals surface area contributed by atoms with E-state index in [9.17, 15) is 4.39 Å². The van der Waals surface area contributed by atoms with Crippen LogP contribution in [0.25, 0.3) is 16.7 Å². The average molecular weight is 320 g/mol. The fourth-order valence-corrected chi connectivity index (χ4v) is 3.25. The van der Waals surface area contributed by atoms with Crippen molar-refractivity contribution >= 4 is 5.57 Å². The first kappa shape index (κ1) is 16.7. The minimum Gasteiger partial charge on any atom is -0.206 e. The molecule has 0 N–H and O–H groups in total. The number of allylic oxidation sites excluding steroid dienone is 4. The van der Waals surface area contributed by atoms with E-state index < -0.39 is 0 Å². The Morgan fingerprint density at radius 1 is 1.00 bits per heavy atom. The second-order valence-electron chi connectivity index (χ2n) is 6.56. The Balaban J connectivity index is 1.82. The van der Waals surface area contributed by atoms with E-state index in [0.29, 0.717) is 11.5 Å². The van der Waals surface area contributed by atoms with Gasteiger partial charge in [0.05, 0.1) is 0 Å². The maximum absolute atomic E-state index is 14.6. The molecule has 0 nitrogen and oxygen atoms in total. The lowest BCUT2D eigenvalue weighted by molar-refractivity contribution is 0.620. The first-order chi connectivity index (χ1) is 11.7. The Labute approximate surface area is 144 Å². The first-order valence-corrected chi connectivity index (χ1v) is 8.98. The summed E-state index contributed by atoms with van der Waals surface area (Å²) >= 11 is 0. The monoisotopic (exact) mass is 320 g/mol. The SMILES string of the molecule is CCCc1ccc(-c2ccc(C3=CCC(CC)C=C3)c(F)c2)cc1. The van der Waals surface area contributed by atoms with Gasteiger partial charge in [0.2, 0.25) is 0 Å². The van der Waals surface area contributed by atoms with Gasteiger partial charge >= 0.3 is 0 Å². The van der Waals surface area contributed by atoms with Gasteiger partial charge in [-0.2, -0.15) is 0 Å². The van der Waals surface area contributed by atoms with E-state index >= 15 is 0 Å². The zero-order chi connectivity index (χ0) is 16.9. The van der Waals surface area contributed by atoms with Crippen molar-refractivity contribution in [2.75, 3.05) is 0 Å².